The molecule has 0 aromatic heterocycles. The van der Waals surface area contributed by atoms with Crippen LogP contribution in [-0.4, -0.2) is 49.8 Å². The molecule has 0 aliphatic carbocycles. The Bertz CT molecular complexity index is 191. The number of ether oxygens (including phenoxy) is 2. The number of nitrogens with zero attached hydrogens (tertiary/aromatic N) is 1. The Morgan fingerprint density at radius 2 is 2.31 bits per heavy atom. The molecule has 0 aromatic rings. The summed E-state index contributed by atoms with van der Waals surface area (Å²) in [5, 5.41) is 0. The van der Waals surface area contributed by atoms with Crippen LogP contribution < -0.4 is 0 Å². The predicted octanol–water partition coefficient (Wildman–Crippen LogP) is 0.0242. The lowest BCUT2D eigenvalue weighted by molar-refractivity contribution is -0.130. The van der Waals surface area contributed by atoms with E-state index in [4.69, 9.17) is 9.47 Å². The van der Waals surface area contributed by atoms with Crippen LogP contribution in [0.3, 0.4) is 0 Å². The van der Waals surface area contributed by atoms with Gasteiger partial charge < -0.3 is 14.4 Å². The fourth-order valence-corrected chi connectivity index (χ4v) is 1.49. The first-order valence-corrected chi connectivity index (χ1v) is 4.83. The van der Waals surface area contributed by atoms with E-state index in [1.807, 2.05) is 4.90 Å². The van der Waals surface area contributed by atoms with Crippen LogP contribution in [0.4, 0.5) is 0 Å². The molecule has 2 rings (SSSR count). The Hall–Kier alpha value is -0.610. The van der Waals surface area contributed by atoms with Gasteiger partial charge in [-0.3, -0.25) is 4.79 Å². The molecule has 0 saturated carbocycles. The van der Waals surface area contributed by atoms with Crippen LogP contribution >= 0.6 is 0 Å². The maximum Gasteiger partial charge on any atom is 0.224 e. The second kappa shape index (κ2) is 4.07. The fraction of sp³-hybridized carbons (Fsp3) is 0.889. The summed E-state index contributed by atoms with van der Waals surface area (Å²) < 4.78 is 10.3. The summed E-state index contributed by atoms with van der Waals surface area (Å²) in [5.41, 5.74) is 0. The number of carbonyl (C=O) groups is 1. The molecule has 1 amide bonds. The van der Waals surface area contributed by atoms with Gasteiger partial charge in [0.05, 0.1) is 32.3 Å². The molecule has 0 spiro atoms. The van der Waals surface area contributed by atoms with Crippen molar-refractivity contribution in [2.24, 2.45) is 0 Å². The maximum atomic E-state index is 11.5. The predicted molar refractivity (Wildman–Crippen MR) is 46.4 cm³/mol. The molecule has 1 atom stereocenters. The highest BCUT2D eigenvalue weighted by molar-refractivity contribution is 5.76. The van der Waals surface area contributed by atoms with E-state index in [0.29, 0.717) is 25.7 Å². The third-order valence-electron chi connectivity index (χ3n) is 2.44. The van der Waals surface area contributed by atoms with E-state index in [9.17, 15) is 4.79 Å². The summed E-state index contributed by atoms with van der Waals surface area (Å²) in [5.74, 6) is 0.221. The molecule has 2 fully saturated rings. The first kappa shape index (κ1) is 8.97. The molecule has 0 radical (unpaired) electrons. The second-order valence-corrected chi connectivity index (χ2v) is 3.49. The van der Waals surface area contributed by atoms with Crippen LogP contribution in [0.2, 0.25) is 0 Å². The molecule has 2 heterocycles. The monoisotopic (exact) mass is 185 g/mol. The Balaban J connectivity index is 1.76. The van der Waals surface area contributed by atoms with Crippen molar-refractivity contribution in [3.05, 3.63) is 0 Å². The van der Waals surface area contributed by atoms with E-state index in [1.54, 1.807) is 0 Å². The lowest BCUT2D eigenvalue weighted by Crippen LogP contribution is -2.33. The molecule has 1 unspecified atom stereocenters. The maximum absolute atomic E-state index is 11.5. The molecule has 2 aliphatic rings. The summed E-state index contributed by atoms with van der Waals surface area (Å²) in [6.45, 7) is 3.70. The van der Waals surface area contributed by atoms with E-state index in [2.05, 4.69) is 0 Å². The van der Waals surface area contributed by atoms with Gasteiger partial charge in [0, 0.05) is 13.1 Å². The van der Waals surface area contributed by atoms with Crippen LogP contribution in [0.15, 0.2) is 0 Å². The van der Waals surface area contributed by atoms with Gasteiger partial charge in [-0.05, 0) is 6.42 Å². The van der Waals surface area contributed by atoms with Crippen LogP contribution in [0.1, 0.15) is 12.8 Å². The van der Waals surface area contributed by atoms with Crippen LogP contribution in [0.5, 0.6) is 0 Å². The van der Waals surface area contributed by atoms with Gasteiger partial charge in [0.25, 0.3) is 0 Å². The van der Waals surface area contributed by atoms with Crippen molar-refractivity contribution in [1.29, 1.82) is 0 Å². The molecule has 13 heavy (non-hydrogen) atoms. The van der Waals surface area contributed by atoms with Crippen LogP contribution in [0.25, 0.3) is 0 Å². The van der Waals surface area contributed by atoms with E-state index in [1.165, 1.54) is 0 Å². The minimum Gasteiger partial charge on any atom is -0.379 e. The zero-order valence-electron chi connectivity index (χ0n) is 7.70. The third kappa shape index (κ3) is 2.67. The highest BCUT2D eigenvalue weighted by Gasteiger charge is 2.24. The Morgan fingerprint density at radius 3 is 3.08 bits per heavy atom. The summed E-state index contributed by atoms with van der Waals surface area (Å²) in [6.07, 6.45) is 1.93. The first-order chi connectivity index (χ1) is 6.36. The Kier molecular flexibility index (Phi) is 2.80. The van der Waals surface area contributed by atoms with Crippen molar-refractivity contribution in [2.45, 2.75) is 18.9 Å². The molecule has 2 aliphatic heterocycles. The first-order valence-electron chi connectivity index (χ1n) is 4.83. The largest absolute Gasteiger partial charge is 0.379 e. The third-order valence-corrected chi connectivity index (χ3v) is 2.44. The van der Waals surface area contributed by atoms with Gasteiger partial charge in [0.15, 0.2) is 0 Å². The van der Waals surface area contributed by atoms with E-state index in [0.717, 1.165) is 26.1 Å². The topological polar surface area (TPSA) is 42.1 Å². The minimum atomic E-state index is 0.221. The van der Waals surface area contributed by atoms with Crippen molar-refractivity contribution in [3.63, 3.8) is 0 Å². The molecule has 4 nitrogen and oxygen atoms in total. The van der Waals surface area contributed by atoms with Crippen LogP contribution in [-0.2, 0) is 14.3 Å². The number of amides is 1. The molecule has 0 bridgehead atoms. The molecular formula is C9H15NO3. The average molecular weight is 185 g/mol. The molecular weight excluding hydrogens is 170 g/mol. The van der Waals surface area contributed by atoms with Crippen molar-refractivity contribution < 1.29 is 14.3 Å². The summed E-state index contributed by atoms with van der Waals surface area (Å²) in [7, 11) is 0. The minimum absolute atomic E-state index is 0.221. The lowest BCUT2D eigenvalue weighted by atomic mass is 10.3. The van der Waals surface area contributed by atoms with Gasteiger partial charge >= 0.3 is 0 Å². The number of epoxide rings is 1. The van der Waals surface area contributed by atoms with E-state index < -0.39 is 0 Å². The fourth-order valence-electron chi connectivity index (χ4n) is 1.49. The van der Waals surface area contributed by atoms with Crippen LogP contribution in [0, 0.1) is 0 Å². The normalized spacial score (nSPS) is 28.8. The van der Waals surface area contributed by atoms with Crippen molar-refractivity contribution in [3.8, 4) is 0 Å². The van der Waals surface area contributed by atoms with Gasteiger partial charge in [-0.1, -0.05) is 0 Å². The summed E-state index contributed by atoms with van der Waals surface area (Å²) >= 11 is 0. The number of carbonyl (C=O) groups excluding carboxylic acids is 1. The van der Waals surface area contributed by atoms with Gasteiger partial charge in [0.2, 0.25) is 5.91 Å². The van der Waals surface area contributed by atoms with Gasteiger partial charge in [-0.2, -0.15) is 0 Å². The molecule has 4 heteroatoms. The molecule has 74 valence electrons. The molecule has 0 N–H and O–H groups in total. The smallest absolute Gasteiger partial charge is 0.224 e. The number of hydrogen-bond donors (Lipinski definition) is 0. The van der Waals surface area contributed by atoms with Crippen molar-refractivity contribution >= 4 is 5.91 Å². The van der Waals surface area contributed by atoms with Gasteiger partial charge in [0.1, 0.15) is 0 Å². The van der Waals surface area contributed by atoms with Crippen molar-refractivity contribution in [1.82, 2.24) is 4.90 Å². The second-order valence-electron chi connectivity index (χ2n) is 3.49. The Labute approximate surface area is 77.8 Å². The van der Waals surface area contributed by atoms with E-state index in [-0.39, 0.29) is 5.91 Å². The molecule has 0 aromatic carbocycles. The SMILES string of the molecule is O=C1CCOCCN1CCC1CO1. The Morgan fingerprint density at radius 1 is 1.46 bits per heavy atom. The van der Waals surface area contributed by atoms with E-state index >= 15 is 0 Å². The lowest BCUT2D eigenvalue weighted by Gasteiger charge is -2.18. The number of rotatable bonds is 3. The molecule has 2 saturated heterocycles. The zero-order valence-corrected chi connectivity index (χ0v) is 7.70. The van der Waals surface area contributed by atoms with Gasteiger partial charge in [-0.25, -0.2) is 0 Å². The summed E-state index contributed by atoms with van der Waals surface area (Å²) in [6, 6.07) is 0. The highest BCUT2D eigenvalue weighted by Crippen LogP contribution is 2.14. The summed E-state index contributed by atoms with van der Waals surface area (Å²) in [4.78, 5) is 13.3. The average Bonchev–Trinajstić information content (AvgIpc) is 2.90. The number of hydrogen-bond acceptors (Lipinski definition) is 3. The van der Waals surface area contributed by atoms with Gasteiger partial charge in [-0.15, -0.1) is 0 Å². The van der Waals surface area contributed by atoms with Crippen molar-refractivity contribution in [2.75, 3.05) is 32.9 Å². The standard InChI is InChI=1S/C9H15NO3/c11-9-2-5-12-6-4-10(9)3-1-8-7-13-8/h8H,1-7H2. The zero-order chi connectivity index (χ0) is 9.10. The quantitative estimate of drug-likeness (QED) is 0.582. The highest BCUT2D eigenvalue weighted by atomic mass is 16.6.